The maximum Gasteiger partial charge on any atom is 0.254 e. The number of thiophene rings is 1. The average Bonchev–Trinajstić information content (AvgIpc) is 3.34. The Hall–Kier alpha value is -1.89. The molecule has 0 bridgehead atoms. The molecule has 0 N–H and O–H groups in total. The summed E-state index contributed by atoms with van der Waals surface area (Å²) in [5.41, 5.74) is 2.58. The van der Waals surface area contributed by atoms with E-state index >= 15 is 0 Å². The van der Waals surface area contributed by atoms with Gasteiger partial charge in [0.2, 0.25) is 5.91 Å². The Morgan fingerprint density at radius 3 is 2.59 bits per heavy atom. The standard InChI is InChI=1S/C20H22ClN3O2S/c21-17-4-3-16(12-18(17)24-6-1-2-19(24)25)20(26)23-9-7-22(8-10-23)13-15-5-11-27-14-15/h3-5,11-12,14H,1-2,6-10,13H2. The second kappa shape index (κ2) is 8.00. The lowest BCUT2D eigenvalue weighted by molar-refractivity contribution is -0.117. The summed E-state index contributed by atoms with van der Waals surface area (Å²) in [4.78, 5) is 31.0. The van der Waals surface area contributed by atoms with Crippen molar-refractivity contribution in [2.24, 2.45) is 0 Å². The SMILES string of the molecule is O=C(c1ccc(Cl)c(N2CCCC2=O)c1)N1CCN(Cc2ccsc2)CC1. The van der Waals surface area contributed by atoms with Crippen molar-refractivity contribution in [3.63, 3.8) is 0 Å². The summed E-state index contributed by atoms with van der Waals surface area (Å²) in [7, 11) is 0. The van der Waals surface area contributed by atoms with Crippen molar-refractivity contribution in [2.45, 2.75) is 19.4 Å². The molecule has 0 spiro atoms. The summed E-state index contributed by atoms with van der Waals surface area (Å²) >= 11 is 8.01. The van der Waals surface area contributed by atoms with Crippen LogP contribution in [0.1, 0.15) is 28.8 Å². The molecule has 2 aromatic rings. The summed E-state index contributed by atoms with van der Waals surface area (Å²) in [6.07, 6.45) is 1.38. The molecule has 1 aromatic carbocycles. The highest BCUT2D eigenvalue weighted by Gasteiger charge is 2.26. The number of hydrogen-bond acceptors (Lipinski definition) is 4. The van der Waals surface area contributed by atoms with E-state index in [1.54, 1.807) is 34.4 Å². The maximum absolute atomic E-state index is 12.9. The first-order valence-corrected chi connectivity index (χ1v) is 10.6. The van der Waals surface area contributed by atoms with E-state index in [0.29, 0.717) is 42.3 Å². The van der Waals surface area contributed by atoms with Crippen molar-refractivity contribution >= 4 is 40.4 Å². The van der Waals surface area contributed by atoms with Gasteiger partial charge in [-0.2, -0.15) is 11.3 Å². The van der Waals surface area contributed by atoms with E-state index in [0.717, 1.165) is 26.1 Å². The van der Waals surface area contributed by atoms with Crippen LogP contribution < -0.4 is 4.90 Å². The first-order chi connectivity index (χ1) is 13.1. The fraction of sp³-hybridized carbons (Fsp3) is 0.400. The molecule has 2 aliphatic heterocycles. The van der Waals surface area contributed by atoms with Gasteiger partial charge in [-0.15, -0.1) is 0 Å². The monoisotopic (exact) mass is 403 g/mol. The quantitative estimate of drug-likeness (QED) is 0.784. The Kier molecular flexibility index (Phi) is 5.48. The molecule has 0 saturated carbocycles. The predicted molar refractivity (Wildman–Crippen MR) is 109 cm³/mol. The minimum atomic E-state index is 0.00902. The molecule has 0 unspecified atom stereocenters. The molecular formula is C20H22ClN3O2S. The van der Waals surface area contributed by atoms with Gasteiger partial charge in [-0.3, -0.25) is 14.5 Å². The number of hydrogen-bond donors (Lipinski definition) is 0. The summed E-state index contributed by atoms with van der Waals surface area (Å²) in [6, 6.07) is 7.40. The number of piperazine rings is 1. The number of halogens is 1. The van der Waals surface area contributed by atoms with E-state index in [9.17, 15) is 9.59 Å². The van der Waals surface area contributed by atoms with Crippen LogP contribution >= 0.6 is 22.9 Å². The van der Waals surface area contributed by atoms with E-state index in [2.05, 4.69) is 21.7 Å². The van der Waals surface area contributed by atoms with Crippen molar-refractivity contribution in [1.29, 1.82) is 0 Å². The molecule has 7 heteroatoms. The number of rotatable bonds is 4. The molecule has 2 saturated heterocycles. The zero-order chi connectivity index (χ0) is 18.8. The van der Waals surface area contributed by atoms with Gasteiger partial charge in [0, 0.05) is 51.3 Å². The van der Waals surface area contributed by atoms with Crippen LogP contribution in [0.25, 0.3) is 0 Å². The van der Waals surface area contributed by atoms with Crippen molar-refractivity contribution in [3.8, 4) is 0 Å². The zero-order valence-corrected chi connectivity index (χ0v) is 16.6. The van der Waals surface area contributed by atoms with Gasteiger partial charge in [0.1, 0.15) is 0 Å². The van der Waals surface area contributed by atoms with E-state index in [1.165, 1.54) is 5.56 Å². The van der Waals surface area contributed by atoms with Crippen LogP contribution in [0.4, 0.5) is 5.69 Å². The maximum atomic E-state index is 12.9. The Morgan fingerprint density at radius 1 is 1.11 bits per heavy atom. The molecule has 2 fully saturated rings. The molecule has 0 radical (unpaired) electrons. The molecule has 0 aliphatic carbocycles. The highest BCUT2D eigenvalue weighted by atomic mass is 35.5. The Balaban J connectivity index is 1.42. The van der Waals surface area contributed by atoms with Gasteiger partial charge in [-0.1, -0.05) is 11.6 Å². The van der Waals surface area contributed by atoms with E-state index in [4.69, 9.17) is 11.6 Å². The first kappa shape index (κ1) is 18.5. The Morgan fingerprint density at radius 2 is 1.93 bits per heavy atom. The lowest BCUT2D eigenvalue weighted by Crippen LogP contribution is -2.48. The third kappa shape index (κ3) is 4.03. The van der Waals surface area contributed by atoms with Crippen LogP contribution in [0.15, 0.2) is 35.0 Å². The summed E-state index contributed by atoms with van der Waals surface area (Å²) in [5, 5.41) is 4.78. The van der Waals surface area contributed by atoms with Crippen LogP contribution in [-0.4, -0.2) is 54.3 Å². The van der Waals surface area contributed by atoms with E-state index in [-0.39, 0.29) is 11.8 Å². The predicted octanol–water partition coefficient (Wildman–Crippen LogP) is 3.49. The van der Waals surface area contributed by atoms with Crippen LogP contribution in [0, 0.1) is 0 Å². The summed E-state index contributed by atoms with van der Waals surface area (Å²) in [5.74, 6) is 0.0817. The Labute approximate surface area is 168 Å². The number of amides is 2. The van der Waals surface area contributed by atoms with Crippen molar-refractivity contribution in [3.05, 3.63) is 51.2 Å². The molecule has 2 aliphatic rings. The number of carbonyl (C=O) groups excluding carboxylic acids is 2. The van der Waals surface area contributed by atoms with E-state index in [1.807, 2.05) is 4.90 Å². The van der Waals surface area contributed by atoms with Crippen molar-refractivity contribution in [2.75, 3.05) is 37.6 Å². The van der Waals surface area contributed by atoms with Gasteiger partial charge >= 0.3 is 0 Å². The first-order valence-electron chi connectivity index (χ1n) is 9.24. The third-order valence-electron chi connectivity index (χ3n) is 5.20. The topological polar surface area (TPSA) is 43.9 Å². The second-order valence-corrected chi connectivity index (χ2v) is 8.20. The zero-order valence-electron chi connectivity index (χ0n) is 15.1. The van der Waals surface area contributed by atoms with Crippen LogP contribution in [0.5, 0.6) is 0 Å². The van der Waals surface area contributed by atoms with Gasteiger partial charge in [-0.25, -0.2) is 0 Å². The van der Waals surface area contributed by atoms with Crippen molar-refractivity contribution in [1.82, 2.24) is 9.80 Å². The molecule has 0 atom stereocenters. The smallest absolute Gasteiger partial charge is 0.254 e. The fourth-order valence-electron chi connectivity index (χ4n) is 3.69. The normalized spacial score (nSPS) is 18.3. The minimum Gasteiger partial charge on any atom is -0.336 e. The molecule has 2 amide bonds. The third-order valence-corrected chi connectivity index (χ3v) is 6.25. The lowest BCUT2D eigenvalue weighted by atomic mass is 10.1. The molecule has 27 heavy (non-hydrogen) atoms. The lowest BCUT2D eigenvalue weighted by Gasteiger charge is -2.34. The number of benzene rings is 1. The molecule has 142 valence electrons. The van der Waals surface area contributed by atoms with Gasteiger partial charge in [-0.05, 0) is 47.0 Å². The molecule has 5 nitrogen and oxygen atoms in total. The largest absolute Gasteiger partial charge is 0.336 e. The number of carbonyl (C=O) groups is 2. The number of anilines is 1. The molecule has 4 rings (SSSR count). The molecule has 1 aromatic heterocycles. The van der Waals surface area contributed by atoms with Gasteiger partial charge in [0.15, 0.2) is 0 Å². The van der Waals surface area contributed by atoms with Crippen LogP contribution in [0.2, 0.25) is 5.02 Å². The average molecular weight is 404 g/mol. The van der Waals surface area contributed by atoms with Crippen LogP contribution in [0.3, 0.4) is 0 Å². The molecule has 3 heterocycles. The molecular weight excluding hydrogens is 382 g/mol. The van der Waals surface area contributed by atoms with Crippen molar-refractivity contribution < 1.29 is 9.59 Å². The highest BCUT2D eigenvalue weighted by molar-refractivity contribution is 7.07. The summed E-state index contributed by atoms with van der Waals surface area (Å²) in [6.45, 7) is 4.76. The highest BCUT2D eigenvalue weighted by Crippen LogP contribution is 2.31. The van der Waals surface area contributed by atoms with Gasteiger partial charge < -0.3 is 9.80 Å². The minimum absolute atomic E-state index is 0.00902. The van der Waals surface area contributed by atoms with Gasteiger partial charge in [0.25, 0.3) is 5.91 Å². The van der Waals surface area contributed by atoms with E-state index < -0.39 is 0 Å². The van der Waals surface area contributed by atoms with Crippen LogP contribution in [-0.2, 0) is 11.3 Å². The fourth-order valence-corrected chi connectivity index (χ4v) is 4.57. The Bertz CT molecular complexity index is 832. The number of nitrogens with zero attached hydrogens (tertiary/aromatic N) is 3. The second-order valence-electron chi connectivity index (χ2n) is 7.02. The van der Waals surface area contributed by atoms with Gasteiger partial charge in [0.05, 0.1) is 10.7 Å². The summed E-state index contributed by atoms with van der Waals surface area (Å²) < 4.78 is 0.